The van der Waals surface area contributed by atoms with Gasteiger partial charge >= 0.3 is 0 Å². The molecule has 2 atom stereocenters. The summed E-state index contributed by atoms with van der Waals surface area (Å²) in [6.45, 7) is 1.53. The van der Waals surface area contributed by atoms with E-state index < -0.39 is 0 Å². The quantitative estimate of drug-likeness (QED) is 0.790. The predicted molar refractivity (Wildman–Crippen MR) is 94.5 cm³/mol. The lowest BCUT2D eigenvalue weighted by molar-refractivity contribution is -0.126. The Morgan fingerprint density at radius 3 is 3.00 bits per heavy atom. The van der Waals surface area contributed by atoms with Crippen molar-refractivity contribution in [2.24, 2.45) is 0 Å². The molecule has 0 aliphatic carbocycles. The third-order valence-corrected chi connectivity index (χ3v) is 4.79. The van der Waals surface area contributed by atoms with E-state index in [1.165, 1.54) is 11.3 Å². The molecule has 1 amide bonds. The van der Waals surface area contributed by atoms with E-state index in [2.05, 4.69) is 10.3 Å². The number of amides is 1. The van der Waals surface area contributed by atoms with Gasteiger partial charge in [-0.05, 0) is 30.5 Å². The van der Waals surface area contributed by atoms with Crippen LogP contribution in [-0.4, -0.2) is 41.4 Å². The molecule has 2 heterocycles. The number of aromatic nitrogens is 1. The fraction of sp³-hybridized carbons (Fsp3) is 0.444. The maximum absolute atomic E-state index is 12.3. The van der Waals surface area contributed by atoms with Crippen LogP contribution in [0, 0.1) is 0 Å². The van der Waals surface area contributed by atoms with Gasteiger partial charge in [0.25, 0.3) is 0 Å². The number of aromatic hydroxyl groups is 1. The third-order valence-electron chi connectivity index (χ3n) is 4.16. The minimum atomic E-state index is -0.159. The molecule has 1 aliphatic heterocycles. The Kier molecular flexibility index (Phi) is 6.38. The van der Waals surface area contributed by atoms with Crippen LogP contribution in [-0.2, 0) is 27.3 Å². The molecule has 134 valence electrons. The summed E-state index contributed by atoms with van der Waals surface area (Å²) in [6, 6.07) is 6.88. The number of rotatable bonds is 7. The van der Waals surface area contributed by atoms with Crippen LogP contribution in [0.25, 0.3) is 0 Å². The highest BCUT2D eigenvalue weighted by molar-refractivity contribution is 7.07. The Balaban J connectivity index is 1.46. The van der Waals surface area contributed by atoms with E-state index in [1.807, 2.05) is 17.5 Å². The summed E-state index contributed by atoms with van der Waals surface area (Å²) < 4.78 is 11.4. The largest absolute Gasteiger partial charge is 0.508 e. The molecule has 0 radical (unpaired) electrons. The summed E-state index contributed by atoms with van der Waals surface area (Å²) in [5, 5.41) is 14.3. The van der Waals surface area contributed by atoms with Gasteiger partial charge in [0, 0.05) is 18.4 Å². The van der Waals surface area contributed by atoms with Crippen LogP contribution in [0.15, 0.2) is 35.2 Å². The summed E-state index contributed by atoms with van der Waals surface area (Å²) in [4.78, 5) is 16.5. The number of ether oxygens (including phenoxy) is 2. The monoisotopic (exact) mass is 362 g/mol. The SMILES string of the molecule is O=C(CCc1ccc(O)cc1)N[C@@H]1CCOC[C@H]1OCc1cscn1. The number of hydrogen-bond acceptors (Lipinski definition) is 6. The molecule has 1 saturated heterocycles. The van der Waals surface area contributed by atoms with Crippen LogP contribution in [0.2, 0.25) is 0 Å². The fourth-order valence-corrected chi connectivity index (χ4v) is 3.28. The van der Waals surface area contributed by atoms with Gasteiger partial charge in [-0.1, -0.05) is 12.1 Å². The fourth-order valence-electron chi connectivity index (χ4n) is 2.74. The number of phenols is 1. The highest BCUT2D eigenvalue weighted by atomic mass is 32.1. The third kappa shape index (κ3) is 5.52. The van der Waals surface area contributed by atoms with Gasteiger partial charge < -0.3 is 19.9 Å². The standard InChI is InChI=1S/C18H22N2O4S/c21-15-4-1-13(2-5-15)3-6-18(22)20-16-7-8-23-10-17(16)24-9-14-11-25-12-19-14/h1-2,4-5,11-12,16-17,21H,3,6-10H2,(H,20,22)/t16-,17-/m1/s1. The number of carbonyl (C=O) groups is 1. The van der Waals surface area contributed by atoms with Crippen LogP contribution < -0.4 is 5.32 Å². The molecule has 2 N–H and O–H groups in total. The van der Waals surface area contributed by atoms with Crippen molar-refractivity contribution in [1.29, 1.82) is 0 Å². The van der Waals surface area contributed by atoms with Crippen molar-refractivity contribution in [3.63, 3.8) is 0 Å². The van der Waals surface area contributed by atoms with Crippen LogP contribution in [0.3, 0.4) is 0 Å². The predicted octanol–water partition coefficient (Wildman–Crippen LogP) is 2.27. The Morgan fingerprint density at radius 2 is 2.24 bits per heavy atom. The molecule has 0 saturated carbocycles. The molecule has 0 spiro atoms. The molecule has 0 unspecified atom stereocenters. The van der Waals surface area contributed by atoms with E-state index in [9.17, 15) is 9.90 Å². The van der Waals surface area contributed by atoms with Crippen molar-refractivity contribution in [3.8, 4) is 5.75 Å². The number of nitrogens with one attached hydrogen (secondary N) is 1. The molecule has 6 nitrogen and oxygen atoms in total. The Hall–Kier alpha value is -1.96. The van der Waals surface area contributed by atoms with Crippen LogP contribution >= 0.6 is 11.3 Å². The van der Waals surface area contributed by atoms with E-state index >= 15 is 0 Å². The topological polar surface area (TPSA) is 80.7 Å². The second kappa shape index (κ2) is 8.94. The summed E-state index contributed by atoms with van der Waals surface area (Å²) in [5.74, 6) is 0.234. The minimum absolute atomic E-state index is 0.00207. The van der Waals surface area contributed by atoms with Gasteiger partial charge in [0.05, 0.1) is 30.5 Å². The van der Waals surface area contributed by atoms with E-state index in [0.717, 1.165) is 17.7 Å². The number of benzene rings is 1. The molecule has 3 rings (SSSR count). The Bertz CT molecular complexity index is 660. The van der Waals surface area contributed by atoms with Crippen LogP contribution in [0.5, 0.6) is 5.75 Å². The van der Waals surface area contributed by atoms with E-state index in [4.69, 9.17) is 9.47 Å². The number of nitrogens with zero attached hydrogens (tertiary/aromatic N) is 1. The zero-order valence-corrected chi connectivity index (χ0v) is 14.7. The number of hydrogen-bond donors (Lipinski definition) is 2. The summed E-state index contributed by atoms with van der Waals surface area (Å²) >= 11 is 1.54. The first kappa shape index (κ1) is 17.8. The first-order valence-electron chi connectivity index (χ1n) is 8.34. The summed E-state index contributed by atoms with van der Waals surface area (Å²) in [6.07, 6.45) is 1.63. The molecule has 1 aliphatic rings. The Labute approximate surface area is 150 Å². The highest BCUT2D eigenvalue weighted by Crippen LogP contribution is 2.15. The molecular formula is C18H22N2O4S. The van der Waals surface area contributed by atoms with Crippen molar-refractivity contribution >= 4 is 17.2 Å². The van der Waals surface area contributed by atoms with E-state index in [0.29, 0.717) is 32.7 Å². The molecule has 1 aromatic heterocycles. The van der Waals surface area contributed by atoms with Crippen LogP contribution in [0.1, 0.15) is 24.1 Å². The second-order valence-corrected chi connectivity index (χ2v) is 6.75. The lowest BCUT2D eigenvalue weighted by atomic mass is 10.0. The van der Waals surface area contributed by atoms with Gasteiger partial charge in [0.15, 0.2) is 0 Å². The first-order valence-corrected chi connectivity index (χ1v) is 9.28. The highest BCUT2D eigenvalue weighted by Gasteiger charge is 2.28. The van der Waals surface area contributed by atoms with Crippen molar-refractivity contribution in [1.82, 2.24) is 10.3 Å². The number of phenolic OH excluding ortho intramolecular Hbond substituents is 1. The average molecular weight is 362 g/mol. The zero-order valence-electron chi connectivity index (χ0n) is 13.9. The molecule has 25 heavy (non-hydrogen) atoms. The van der Waals surface area contributed by atoms with Gasteiger partial charge in [0.2, 0.25) is 5.91 Å². The second-order valence-electron chi connectivity index (χ2n) is 6.03. The molecule has 1 aromatic carbocycles. The maximum atomic E-state index is 12.3. The molecule has 1 fully saturated rings. The summed E-state index contributed by atoms with van der Waals surface area (Å²) in [7, 11) is 0. The zero-order chi connectivity index (χ0) is 17.5. The van der Waals surface area contributed by atoms with Gasteiger partial charge in [-0.2, -0.15) is 0 Å². The van der Waals surface area contributed by atoms with Crippen molar-refractivity contribution < 1.29 is 19.4 Å². The van der Waals surface area contributed by atoms with Crippen molar-refractivity contribution in [3.05, 3.63) is 46.4 Å². The minimum Gasteiger partial charge on any atom is -0.508 e. The number of aryl methyl sites for hydroxylation is 1. The van der Waals surface area contributed by atoms with E-state index in [1.54, 1.807) is 17.6 Å². The van der Waals surface area contributed by atoms with Crippen LogP contribution in [0.4, 0.5) is 0 Å². The Morgan fingerprint density at radius 1 is 1.40 bits per heavy atom. The number of carbonyl (C=O) groups excluding carboxylic acids is 1. The van der Waals surface area contributed by atoms with Gasteiger partial charge in [-0.3, -0.25) is 4.79 Å². The van der Waals surface area contributed by atoms with Gasteiger partial charge in [0.1, 0.15) is 11.9 Å². The molecule has 7 heteroatoms. The maximum Gasteiger partial charge on any atom is 0.220 e. The molecule has 2 aromatic rings. The van der Waals surface area contributed by atoms with Gasteiger partial charge in [-0.25, -0.2) is 4.98 Å². The lowest BCUT2D eigenvalue weighted by Gasteiger charge is -2.32. The van der Waals surface area contributed by atoms with Crippen molar-refractivity contribution in [2.75, 3.05) is 13.2 Å². The van der Waals surface area contributed by atoms with E-state index in [-0.39, 0.29) is 23.8 Å². The smallest absolute Gasteiger partial charge is 0.220 e. The average Bonchev–Trinajstić information content (AvgIpc) is 3.14. The number of thiazole rings is 1. The van der Waals surface area contributed by atoms with Gasteiger partial charge in [-0.15, -0.1) is 11.3 Å². The molecule has 0 bridgehead atoms. The molecular weight excluding hydrogens is 340 g/mol. The lowest BCUT2D eigenvalue weighted by Crippen LogP contribution is -2.50. The normalized spacial score (nSPS) is 20.3. The first-order chi connectivity index (χ1) is 12.2. The van der Waals surface area contributed by atoms with Crippen molar-refractivity contribution in [2.45, 2.75) is 38.0 Å². The summed E-state index contributed by atoms with van der Waals surface area (Å²) in [5.41, 5.74) is 3.70.